The SMILES string of the molecule is CCCCCCCCCCCCCCCCCCCCCCCCCCCCCCCCCCCCCCCCCC(=O)OC(COC(=O)CCCCCCCCC)COP(=O)(O)OCC[N+](C)(C)C. The second-order valence-electron chi connectivity index (χ2n) is 22.5. The van der Waals surface area contributed by atoms with Crippen molar-refractivity contribution in [3.05, 3.63) is 0 Å². The number of nitrogens with zero attached hydrogens (tertiary/aromatic N) is 1. The third-order valence-corrected chi connectivity index (χ3v) is 15.1. The Hall–Kier alpha value is -0.990. The van der Waals surface area contributed by atoms with Crippen molar-refractivity contribution < 1.29 is 42.1 Å². The van der Waals surface area contributed by atoms with Crippen LogP contribution in [0.25, 0.3) is 0 Å². The van der Waals surface area contributed by atoms with Gasteiger partial charge in [-0.15, -0.1) is 0 Å². The lowest BCUT2D eigenvalue weighted by molar-refractivity contribution is -0.870. The lowest BCUT2D eigenvalue weighted by Gasteiger charge is -2.24. The molecule has 0 saturated heterocycles. The first-order valence-corrected chi connectivity index (χ1v) is 32.3. The maximum absolute atomic E-state index is 12.7. The molecule has 418 valence electrons. The van der Waals surface area contributed by atoms with Gasteiger partial charge in [0, 0.05) is 12.8 Å². The molecular weight excluding hydrogens is 894 g/mol. The lowest BCUT2D eigenvalue weighted by Crippen LogP contribution is -2.37. The predicted octanol–water partition coefficient (Wildman–Crippen LogP) is 19.0. The Bertz CT molecular complexity index is 1150. The Morgan fingerprint density at radius 2 is 0.643 bits per heavy atom. The summed E-state index contributed by atoms with van der Waals surface area (Å²) in [6.45, 7) is 4.43. The molecule has 0 bridgehead atoms. The summed E-state index contributed by atoms with van der Waals surface area (Å²) in [5.41, 5.74) is 0. The molecule has 0 amide bonds. The number of hydrogen-bond acceptors (Lipinski definition) is 7. The second-order valence-corrected chi connectivity index (χ2v) is 23.9. The van der Waals surface area contributed by atoms with E-state index in [0.717, 1.165) is 38.5 Å². The monoisotopic (exact) mass is 1010 g/mol. The fourth-order valence-corrected chi connectivity index (χ4v) is 10.1. The first kappa shape index (κ1) is 69.0. The summed E-state index contributed by atoms with van der Waals surface area (Å²) in [6.07, 6.45) is 61.2. The summed E-state index contributed by atoms with van der Waals surface area (Å²) in [5, 5.41) is 0. The second kappa shape index (κ2) is 52.9. The van der Waals surface area contributed by atoms with E-state index in [1.165, 1.54) is 257 Å². The molecule has 0 aliphatic carbocycles. The molecule has 1 N–H and O–H groups in total. The molecule has 9 nitrogen and oxygen atoms in total. The van der Waals surface area contributed by atoms with Crippen molar-refractivity contribution in [3.63, 3.8) is 0 Å². The number of esters is 2. The zero-order valence-electron chi connectivity index (χ0n) is 47.5. The fraction of sp³-hybridized carbons (Fsp3) is 0.967. The number of carbonyl (C=O) groups is 2. The van der Waals surface area contributed by atoms with Crippen LogP contribution in [0.15, 0.2) is 0 Å². The molecule has 2 unspecified atom stereocenters. The minimum atomic E-state index is -4.37. The minimum absolute atomic E-state index is 0.0367. The van der Waals surface area contributed by atoms with E-state index in [1.807, 2.05) is 21.1 Å². The molecule has 0 rings (SSSR count). The number of quaternary nitrogens is 1. The highest BCUT2D eigenvalue weighted by molar-refractivity contribution is 7.47. The Morgan fingerprint density at radius 1 is 0.386 bits per heavy atom. The molecule has 0 fully saturated rings. The number of phosphoric acid groups is 1. The zero-order valence-corrected chi connectivity index (χ0v) is 48.4. The van der Waals surface area contributed by atoms with Crippen LogP contribution in [-0.4, -0.2) is 74.9 Å². The maximum Gasteiger partial charge on any atom is 0.472 e. The Balaban J connectivity index is 3.71. The van der Waals surface area contributed by atoms with E-state index < -0.39 is 26.5 Å². The summed E-state index contributed by atoms with van der Waals surface area (Å²) >= 11 is 0. The van der Waals surface area contributed by atoms with E-state index in [2.05, 4.69) is 13.8 Å². The molecule has 2 atom stereocenters. The fourth-order valence-electron chi connectivity index (χ4n) is 9.37. The topological polar surface area (TPSA) is 108 Å². The maximum atomic E-state index is 12.7. The number of carbonyl (C=O) groups excluding carboxylic acids is 2. The average molecular weight is 1020 g/mol. The molecule has 0 spiro atoms. The first-order chi connectivity index (χ1) is 34.0. The van der Waals surface area contributed by atoms with Gasteiger partial charge in [0.1, 0.15) is 19.8 Å². The van der Waals surface area contributed by atoms with Gasteiger partial charge in [0.25, 0.3) is 0 Å². The van der Waals surface area contributed by atoms with Gasteiger partial charge < -0.3 is 18.9 Å². The molecular formula is C60H121NO8P+. The van der Waals surface area contributed by atoms with Gasteiger partial charge in [0.2, 0.25) is 0 Å². The molecule has 0 heterocycles. The van der Waals surface area contributed by atoms with Crippen LogP contribution >= 0.6 is 7.82 Å². The minimum Gasteiger partial charge on any atom is -0.462 e. The summed E-state index contributed by atoms with van der Waals surface area (Å²) < 4.78 is 34.3. The van der Waals surface area contributed by atoms with Crippen LogP contribution in [0.1, 0.15) is 322 Å². The van der Waals surface area contributed by atoms with Crippen molar-refractivity contribution in [2.24, 2.45) is 0 Å². The van der Waals surface area contributed by atoms with Crippen LogP contribution < -0.4 is 0 Å². The van der Waals surface area contributed by atoms with Crippen LogP contribution in [0.5, 0.6) is 0 Å². The summed E-state index contributed by atoms with van der Waals surface area (Å²) in [7, 11) is 1.50. The van der Waals surface area contributed by atoms with Gasteiger partial charge in [0.15, 0.2) is 6.10 Å². The third kappa shape index (κ3) is 56.3. The van der Waals surface area contributed by atoms with Crippen LogP contribution in [0.2, 0.25) is 0 Å². The van der Waals surface area contributed by atoms with Crippen molar-refractivity contribution in [3.8, 4) is 0 Å². The number of likely N-dealkylation sites (N-methyl/N-ethyl adjacent to an activating group) is 1. The van der Waals surface area contributed by atoms with E-state index in [0.29, 0.717) is 17.4 Å². The van der Waals surface area contributed by atoms with Crippen LogP contribution in [0, 0.1) is 0 Å². The van der Waals surface area contributed by atoms with Crippen molar-refractivity contribution in [1.29, 1.82) is 0 Å². The number of unbranched alkanes of at least 4 members (excludes halogenated alkanes) is 44. The van der Waals surface area contributed by atoms with Crippen LogP contribution in [0.3, 0.4) is 0 Å². The molecule has 0 radical (unpaired) electrons. The summed E-state index contributed by atoms with van der Waals surface area (Å²) in [6, 6.07) is 0. The van der Waals surface area contributed by atoms with Gasteiger partial charge in [0.05, 0.1) is 27.7 Å². The molecule has 0 saturated carbocycles. The van der Waals surface area contributed by atoms with E-state index in [4.69, 9.17) is 18.5 Å². The number of hydrogen-bond donors (Lipinski definition) is 1. The Kier molecular flexibility index (Phi) is 52.1. The van der Waals surface area contributed by atoms with E-state index in [-0.39, 0.29) is 25.6 Å². The molecule has 0 aromatic rings. The number of ether oxygens (including phenoxy) is 2. The van der Waals surface area contributed by atoms with Crippen molar-refractivity contribution in [2.45, 2.75) is 328 Å². The lowest BCUT2D eigenvalue weighted by atomic mass is 10.0. The predicted molar refractivity (Wildman–Crippen MR) is 298 cm³/mol. The summed E-state index contributed by atoms with van der Waals surface area (Å²) in [5.74, 6) is -0.787. The van der Waals surface area contributed by atoms with E-state index in [1.54, 1.807) is 0 Å². The summed E-state index contributed by atoms with van der Waals surface area (Å²) in [4.78, 5) is 35.3. The standard InChI is InChI=1S/C60H120NO8P/c1-6-8-10-12-14-15-16-17-18-19-20-21-22-23-24-25-26-27-28-29-30-31-32-33-34-35-36-37-38-39-40-41-42-43-44-45-47-49-51-53-60(63)69-58(57-68-70(64,65)67-55-54-61(3,4)5)56-66-59(62)52-50-48-46-13-11-9-7-2/h58H,6-57H2,1-5H3/p+1. The van der Waals surface area contributed by atoms with Crippen molar-refractivity contribution in [1.82, 2.24) is 0 Å². The molecule has 70 heavy (non-hydrogen) atoms. The van der Waals surface area contributed by atoms with Gasteiger partial charge in [-0.1, -0.05) is 296 Å². The largest absolute Gasteiger partial charge is 0.472 e. The smallest absolute Gasteiger partial charge is 0.462 e. The van der Waals surface area contributed by atoms with Gasteiger partial charge in [-0.3, -0.25) is 18.6 Å². The quantitative estimate of drug-likeness (QED) is 0.0278. The van der Waals surface area contributed by atoms with Crippen molar-refractivity contribution >= 4 is 19.8 Å². The normalized spacial score (nSPS) is 13.2. The van der Waals surface area contributed by atoms with Crippen LogP contribution in [-0.2, 0) is 32.7 Å². The number of rotatable bonds is 58. The van der Waals surface area contributed by atoms with Gasteiger partial charge in [-0.2, -0.15) is 0 Å². The molecule has 0 aliphatic rings. The van der Waals surface area contributed by atoms with E-state index >= 15 is 0 Å². The zero-order chi connectivity index (χ0) is 51.3. The molecule has 10 heteroatoms. The van der Waals surface area contributed by atoms with Gasteiger partial charge >= 0.3 is 19.8 Å². The third-order valence-electron chi connectivity index (χ3n) is 14.1. The highest BCUT2D eigenvalue weighted by Crippen LogP contribution is 2.43. The highest BCUT2D eigenvalue weighted by Gasteiger charge is 2.27. The van der Waals surface area contributed by atoms with Gasteiger partial charge in [-0.25, -0.2) is 4.57 Å². The molecule has 0 aliphatic heterocycles. The molecule has 0 aromatic carbocycles. The number of phosphoric ester groups is 1. The Labute approximate surface area is 435 Å². The van der Waals surface area contributed by atoms with Crippen molar-refractivity contribution in [2.75, 3.05) is 47.5 Å². The highest BCUT2D eigenvalue weighted by atomic mass is 31.2. The Morgan fingerprint density at radius 3 is 0.914 bits per heavy atom. The van der Waals surface area contributed by atoms with E-state index in [9.17, 15) is 19.0 Å². The molecule has 0 aromatic heterocycles. The van der Waals surface area contributed by atoms with Crippen LogP contribution in [0.4, 0.5) is 0 Å². The van der Waals surface area contributed by atoms with Gasteiger partial charge in [-0.05, 0) is 12.8 Å². The first-order valence-electron chi connectivity index (χ1n) is 30.8. The average Bonchev–Trinajstić information content (AvgIpc) is 3.32.